The molecule has 1 saturated heterocycles. The zero-order valence-electron chi connectivity index (χ0n) is 24.8. The molecule has 4 rings (SSSR count). The summed E-state index contributed by atoms with van der Waals surface area (Å²) in [7, 11) is 0. The van der Waals surface area contributed by atoms with E-state index in [0.717, 1.165) is 27.8 Å². The molecule has 1 aliphatic heterocycles. The van der Waals surface area contributed by atoms with Crippen molar-refractivity contribution in [2.75, 3.05) is 6.54 Å². The number of nitrogens with zero attached hydrogens (tertiary/aromatic N) is 1. The molecule has 2 aliphatic rings. The van der Waals surface area contributed by atoms with Crippen molar-refractivity contribution in [3.05, 3.63) is 59.2 Å². The highest BCUT2D eigenvalue weighted by molar-refractivity contribution is 5.88. The largest absolute Gasteiger partial charge is 0.509 e. The lowest BCUT2D eigenvalue weighted by molar-refractivity contribution is -0.153. The maximum absolute atomic E-state index is 13.3. The first kappa shape index (κ1) is 30.1. The number of esters is 1. The second kappa shape index (κ2) is 11.5. The molecule has 9 heteroatoms. The first-order chi connectivity index (χ1) is 19.1. The molecule has 1 amide bonds. The number of hydrogen-bond donors (Lipinski definition) is 0. The van der Waals surface area contributed by atoms with Crippen LogP contribution in [0.15, 0.2) is 42.5 Å². The number of carbonyl (C=O) groups excluding carboxylic acids is 4. The van der Waals surface area contributed by atoms with Crippen LogP contribution in [-0.2, 0) is 47.8 Å². The van der Waals surface area contributed by atoms with Crippen molar-refractivity contribution in [3.63, 3.8) is 0 Å². The number of likely N-dealkylation sites (tertiary alicyclic amines) is 1. The molecule has 41 heavy (non-hydrogen) atoms. The summed E-state index contributed by atoms with van der Waals surface area (Å²) in [5, 5.41) is 0. The Morgan fingerprint density at radius 3 is 2.05 bits per heavy atom. The van der Waals surface area contributed by atoms with E-state index in [1.54, 1.807) is 41.5 Å². The third-order valence-electron chi connectivity index (χ3n) is 6.80. The molecule has 2 aromatic carbocycles. The van der Waals surface area contributed by atoms with Crippen LogP contribution in [0.2, 0.25) is 0 Å². The minimum absolute atomic E-state index is 0.0251. The van der Waals surface area contributed by atoms with E-state index in [-0.39, 0.29) is 12.3 Å². The number of rotatable bonds is 5. The number of benzene rings is 2. The summed E-state index contributed by atoms with van der Waals surface area (Å²) in [6, 6.07) is 13.3. The van der Waals surface area contributed by atoms with E-state index in [0.29, 0.717) is 19.3 Å². The highest BCUT2D eigenvalue weighted by Gasteiger charge is 2.49. The molecule has 1 fully saturated rings. The summed E-state index contributed by atoms with van der Waals surface area (Å²) in [5.41, 5.74) is 3.50. The lowest BCUT2D eigenvalue weighted by Gasteiger charge is -2.30. The normalized spacial score (nSPS) is 20.4. The highest BCUT2D eigenvalue weighted by Crippen LogP contribution is 2.31. The Labute approximate surface area is 241 Å². The first-order valence-electron chi connectivity index (χ1n) is 13.9. The number of ketones is 1. The second-order valence-corrected chi connectivity index (χ2v) is 12.7. The van der Waals surface area contributed by atoms with E-state index >= 15 is 0 Å². The predicted molar refractivity (Wildman–Crippen MR) is 151 cm³/mol. The van der Waals surface area contributed by atoms with Crippen molar-refractivity contribution >= 4 is 24.0 Å². The van der Waals surface area contributed by atoms with Crippen molar-refractivity contribution in [1.29, 1.82) is 0 Å². The Morgan fingerprint density at radius 2 is 1.44 bits per heavy atom. The van der Waals surface area contributed by atoms with Gasteiger partial charge in [-0.1, -0.05) is 42.5 Å². The maximum atomic E-state index is 13.3. The molecule has 0 radical (unpaired) electrons. The molecular weight excluding hydrogens is 526 g/mol. The number of hydrogen-bond acceptors (Lipinski definition) is 8. The first-order valence-corrected chi connectivity index (χ1v) is 13.9. The Morgan fingerprint density at radius 1 is 0.829 bits per heavy atom. The third kappa shape index (κ3) is 7.86. The number of fused-ring (bicyclic) bond motifs is 1. The van der Waals surface area contributed by atoms with Crippen LogP contribution >= 0.6 is 0 Å². The zero-order valence-corrected chi connectivity index (χ0v) is 24.8. The van der Waals surface area contributed by atoms with Gasteiger partial charge < -0.3 is 18.9 Å². The van der Waals surface area contributed by atoms with Crippen molar-refractivity contribution in [1.82, 2.24) is 4.90 Å². The summed E-state index contributed by atoms with van der Waals surface area (Å²) < 4.78 is 22.2. The van der Waals surface area contributed by atoms with Crippen LogP contribution in [0.5, 0.6) is 0 Å². The van der Waals surface area contributed by atoms with E-state index in [2.05, 4.69) is 6.07 Å². The molecule has 1 aliphatic carbocycles. The van der Waals surface area contributed by atoms with E-state index in [9.17, 15) is 19.2 Å². The molecule has 0 saturated carbocycles. The van der Waals surface area contributed by atoms with Gasteiger partial charge in [-0.15, -0.1) is 0 Å². The molecule has 1 heterocycles. The van der Waals surface area contributed by atoms with Crippen LogP contribution in [0.3, 0.4) is 0 Å². The molecule has 0 spiro atoms. The molecule has 2 aromatic rings. The Balaban J connectivity index is 1.59. The van der Waals surface area contributed by atoms with Gasteiger partial charge in [-0.2, -0.15) is 0 Å². The molecule has 0 bridgehead atoms. The molecule has 0 aromatic heterocycles. The van der Waals surface area contributed by atoms with Crippen LogP contribution in [0.1, 0.15) is 65.2 Å². The van der Waals surface area contributed by atoms with Crippen molar-refractivity contribution in [2.24, 2.45) is 0 Å². The minimum atomic E-state index is -0.945. The van der Waals surface area contributed by atoms with Gasteiger partial charge in [0, 0.05) is 19.8 Å². The molecule has 0 N–H and O–H groups in total. The van der Waals surface area contributed by atoms with Crippen LogP contribution in [-0.4, -0.2) is 64.9 Å². The van der Waals surface area contributed by atoms with Gasteiger partial charge in [-0.05, 0) is 75.8 Å². The SMILES string of the molecule is CC(=O)O[C@@H]1[C@@H](OC(=O)OC(C)(C)C)CN(C(=O)OC(C)(C)C)[C@@H]1Cc1ccc(-c2ccc3c(c2)CC(=O)C3)cc1. The van der Waals surface area contributed by atoms with Gasteiger partial charge in [0.05, 0.1) is 12.6 Å². The van der Waals surface area contributed by atoms with Crippen LogP contribution < -0.4 is 0 Å². The molecular formula is C32H39NO8. The minimum Gasteiger partial charge on any atom is -0.456 e. The number of Topliss-reactive ketones (excluding diaryl/α,β-unsaturated/α-hetero) is 1. The fraction of sp³-hybridized carbons (Fsp3) is 0.500. The van der Waals surface area contributed by atoms with Gasteiger partial charge in [-0.3, -0.25) is 14.5 Å². The lowest BCUT2D eigenvalue weighted by atomic mass is 9.96. The standard InChI is InChI=1S/C32H39NO8/c1-19(34)38-28-26(33(29(36)40-31(2,3)4)18-27(28)39-30(37)41-32(5,6)7)14-20-8-10-21(11-9-20)22-12-13-23-16-25(35)17-24(23)15-22/h8-13,15,26-28H,14,16-18H2,1-7H3/t26-,27+,28+/m1/s1. The third-order valence-corrected chi connectivity index (χ3v) is 6.80. The predicted octanol–water partition coefficient (Wildman–Crippen LogP) is 5.44. The van der Waals surface area contributed by atoms with E-state index in [4.69, 9.17) is 18.9 Å². The van der Waals surface area contributed by atoms with E-state index in [1.165, 1.54) is 11.8 Å². The van der Waals surface area contributed by atoms with Gasteiger partial charge in [0.25, 0.3) is 0 Å². The van der Waals surface area contributed by atoms with Crippen molar-refractivity contribution in [3.8, 4) is 11.1 Å². The fourth-order valence-electron chi connectivity index (χ4n) is 5.17. The average molecular weight is 566 g/mol. The quantitative estimate of drug-likeness (QED) is 0.349. The Bertz CT molecular complexity index is 1320. The average Bonchev–Trinajstić information content (AvgIpc) is 3.36. The molecule has 9 nitrogen and oxygen atoms in total. The van der Waals surface area contributed by atoms with Crippen molar-refractivity contribution < 1.29 is 38.1 Å². The summed E-state index contributed by atoms with van der Waals surface area (Å²) >= 11 is 0. The molecule has 220 valence electrons. The van der Waals surface area contributed by atoms with Gasteiger partial charge in [-0.25, -0.2) is 9.59 Å². The Kier molecular flexibility index (Phi) is 8.47. The summed E-state index contributed by atoms with van der Waals surface area (Å²) in [6.45, 7) is 11.7. The second-order valence-electron chi connectivity index (χ2n) is 12.7. The number of carbonyl (C=O) groups is 4. The van der Waals surface area contributed by atoms with Crippen LogP contribution in [0.25, 0.3) is 11.1 Å². The smallest absolute Gasteiger partial charge is 0.456 e. The van der Waals surface area contributed by atoms with Gasteiger partial charge >= 0.3 is 18.2 Å². The summed E-state index contributed by atoms with van der Waals surface area (Å²) in [5.74, 6) is -0.329. The van der Waals surface area contributed by atoms with E-state index < -0.39 is 47.7 Å². The van der Waals surface area contributed by atoms with Crippen LogP contribution in [0.4, 0.5) is 9.59 Å². The van der Waals surface area contributed by atoms with Gasteiger partial charge in [0.2, 0.25) is 0 Å². The summed E-state index contributed by atoms with van der Waals surface area (Å²) in [6.07, 6.45) is -2.10. The number of ether oxygens (including phenoxy) is 4. The van der Waals surface area contributed by atoms with Gasteiger partial charge in [0.1, 0.15) is 17.0 Å². The van der Waals surface area contributed by atoms with Gasteiger partial charge in [0.15, 0.2) is 12.2 Å². The summed E-state index contributed by atoms with van der Waals surface area (Å²) in [4.78, 5) is 51.2. The topological polar surface area (TPSA) is 108 Å². The Hall–Kier alpha value is -3.88. The van der Waals surface area contributed by atoms with E-state index in [1.807, 2.05) is 36.4 Å². The van der Waals surface area contributed by atoms with Crippen molar-refractivity contribution in [2.45, 2.75) is 97.2 Å². The monoisotopic (exact) mass is 565 g/mol. The highest BCUT2D eigenvalue weighted by atomic mass is 16.7. The fourth-order valence-corrected chi connectivity index (χ4v) is 5.17. The number of amides is 1. The van der Waals surface area contributed by atoms with Crippen LogP contribution in [0, 0.1) is 0 Å². The lowest BCUT2D eigenvalue weighted by Crippen LogP contribution is -2.45. The molecule has 0 unspecified atom stereocenters. The molecule has 3 atom stereocenters. The maximum Gasteiger partial charge on any atom is 0.509 e. The zero-order chi connectivity index (χ0) is 30.1.